The Labute approximate surface area is 117 Å². The van der Waals surface area contributed by atoms with E-state index < -0.39 is 0 Å². The van der Waals surface area contributed by atoms with Gasteiger partial charge in [0, 0.05) is 30.8 Å². The SMILES string of the molecule is COCCNc1cc(-c2n[nH]c3ccccc23)ccn1. The van der Waals surface area contributed by atoms with Gasteiger partial charge in [0.25, 0.3) is 0 Å². The van der Waals surface area contributed by atoms with Crippen LogP contribution in [0.1, 0.15) is 0 Å². The average Bonchev–Trinajstić information content (AvgIpc) is 2.92. The predicted molar refractivity (Wildman–Crippen MR) is 79.7 cm³/mol. The number of ether oxygens (including phenoxy) is 1. The second-order valence-electron chi connectivity index (χ2n) is 4.47. The Morgan fingerprint density at radius 3 is 3.05 bits per heavy atom. The fourth-order valence-corrected chi connectivity index (χ4v) is 2.14. The number of H-pyrrole nitrogens is 1. The van der Waals surface area contributed by atoms with Crippen molar-refractivity contribution in [3.63, 3.8) is 0 Å². The van der Waals surface area contributed by atoms with Gasteiger partial charge in [-0.15, -0.1) is 0 Å². The maximum absolute atomic E-state index is 5.02. The zero-order valence-corrected chi connectivity index (χ0v) is 11.3. The fourth-order valence-electron chi connectivity index (χ4n) is 2.14. The summed E-state index contributed by atoms with van der Waals surface area (Å²) in [5, 5.41) is 11.8. The zero-order chi connectivity index (χ0) is 13.8. The molecule has 3 aromatic rings. The minimum Gasteiger partial charge on any atom is -0.383 e. The monoisotopic (exact) mass is 268 g/mol. The number of methoxy groups -OCH3 is 1. The first-order chi connectivity index (χ1) is 9.88. The van der Waals surface area contributed by atoms with Crippen molar-refractivity contribution in [3.05, 3.63) is 42.6 Å². The summed E-state index contributed by atoms with van der Waals surface area (Å²) < 4.78 is 5.02. The quantitative estimate of drug-likeness (QED) is 0.698. The highest BCUT2D eigenvalue weighted by atomic mass is 16.5. The molecule has 0 saturated carbocycles. The van der Waals surface area contributed by atoms with Gasteiger partial charge in [0.2, 0.25) is 0 Å². The molecule has 2 N–H and O–H groups in total. The normalized spacial score (nSPS) is 10.8. The molecule has 0 aliphatic rings. The Bertz CT molecular complexity index is 708. The molecule has 102 valence electrons. The molecule has 2 heterocycles. The number of aromatic amines is 1. The van der Waals surface area contributed by atoms with Crippen LogP contribution in [0, 0.1) is 0 Å². The van der Waals surface area contributed by atoms with Gasteiger partial charge in [0.15, 0.2) is 0 Å². The van der Waals surface area contributed by atoms with Crippen molar-refractivity contribution >= 4 is 16.7 Å². The molecule has 0 spiro atoms. The van der Waals surface area contributed by atoms with Crippen molar-refractivity contribution in [3.8, 4) is 11.3 Å². The van der Waals surface area contributed by atoms with E-state index in [9.17, 15) is 0 Å². The lowest BCUT2D eigenvalue weighted by atomic mass is 10.1. The Morgan fingerprint density at radius 1 is 1.25 bits per heavy atom. The number of rotatable bonds is 5. The molecule has 0 atom stereocenters. The molecule has 0 amide bonds. The molecule has 0 radical (unpaired) electrons. The van der Waals surface area contributed by atoms with Gasteiger partial charge in [-0.2, -0.15) is 5.10 Å². The lowest BCUT2D eigenvalue weighted by Crippen LogP contribution is -2.08. The van der Waals surface area contributed by atoms with Gasteiger partial charge < -0.3 is 10.1 Å². The van der Waals surface area contributed by atoms with Crippen LogP contribution in [0.5, 0.6) is 0 Å². The Morgan fingerprint density at radius 2 is 2.15 bits per heavy atom. The number of hydrogen-bond donors (Lipinski definition) is 2. The van der Waals surface area contributed by atoms with E-state index in [2.05, 4.69) is 26.6 Å². The summed E-state index contributed by atoms with van der Waals surface area (Å²) in [6.45, 7) is 1.38. The minimum absolute atomic E-state index is 0.650. The van der Waals surface area contributed by atoms with Crippen molar-refractivity contribution in [2.75, 3.05) is 25.6 Å². The van der Waals surface area contributed by atoms with Crippen LogP contribution in [-0.2, 0) is 4.74 Å². The topological polar surface area (TPSA) is 62.8 Å². The Kier molecular flexibility index (Phi) is 3.60. The summed E-state index contributed by atoms with van der Waals surface area (Å²) in [7, 11) is 1.68. The third-order valence-corrected chi connectivity index (χ3v) is 3.12. The third kappa shape index (κ3) is 2.48. The van der Waals surface area contributed by atoms with Gasteiger partial charge in [-0.25, -0.2) is 4.98 Å². The van der Waals surface area contributed by atoms with E-state index in [4.69, 9.17) is 4.74 Å². The maximum atomic E-state index is 5.02. The van der Waals surface area contributed by atoms with E-state index in [-0.39, 0.29) is 0 Å². The summed E-state index contributed by atoms with van der Waals surface area (Å²) in [6.07, 6.45) is 1.79. The van der Waals surface area contributed by atoms with Crippen molar-refractivity contribution < 1.29 is 4.74 Å². The first-order valence-electron chi connectivity index (χ1n) is 6.51. The van der Waals surface area contributed by atoms with E-state index >= 15 is 0 Å². The molecule has 5 nitrogen and oxygen atoms in total. The smallest absolute Gasteiger partial charge is 0.126 e. The number of anilines is 1. The Hall–Kier alpha value is -2.40. The summed E-state index contributed by atoms with van der Waals surface area (Å²) in [4.78, 5) is 4.30. The lowest BCUT2D eigenvalue weighted by Gasteiger charge is -2.06. The molecule has 0 saturated heterocycles. The summed E-state index contributed by atoms with van der Waals surface area (Å²) >= 11 is 0. The van der Waals surface area contributed by atoms with Crippen LogP contribution in [0.25, 0.3) is 22.2 Å². The molecular formula is C15H16N4O. The summed E-state index contributed by atoms with van der Waals surface area (Å²) in [5.74, 6) is 0.826. The van der Waals surface area contributed by atoms with Gasteiger partial charge in [-0.1, -0.05) is 18.2 Å². The minimum atomic E-state index is 0.650. The number of benzene rings is 1. The molecule has 0 aliphatic heterocycles. The van der Waals surface area contributed by atoms with Crippen LogP contribution < -0.4 is 5.32 Å². The van der Waals surface area contributed by atoms with Crippen molar-refractivity contribution in [1.29, 1.82) is 0 Å². The number of hydrogen-bond acceptors (Lipinski definition) is 4. The molecule has 3 rings (SSSR count). The molecular weight excluding hydrogens is 252 g/mol. The Balaban J connectivity index is 1.92. The van der Waals surface area contributed by atoms with Crippen LogP contribution in [0.2, 0.25) is 0 Å². The molecule has 0 bridgehead atoms. The second-order valence-corrected chi connectivity index (χ2v) is 4.47. The van der Waals surface area contributed by atoms with Crippen molar-refractivity contribution in [1.82, 2.24) is 15.2 Å². The first-order valence-corrected chi connectivity index (χ1v) is 6.51. The number of para-hydroxylation sites is 1. The van der Waals surface area contributed by atoms with Crippen molar-refractivity contribution in [2.24, 2.45) is 0 Å². The van der Waals surface area contributed by atoms with E-state index in [1.54, 1.807) is 13.3 Å². The highest BCUT2D eigenvalue weighted by Gasteiger charge is 2.08. The van der Waals surface area contributed by atoms with Gasteiger partial charge in [-0.3, -0.25) is 5.10 Å². The van der Waals surface area contributed by atoms with E-state index in [1.165, 1.54) is 0 Å². The molecule has 0 unspecified atom stereocenters. The highest BCUT2D eigenvalue weighted by molar-refractivity contribution is 5.93. The molecule has 0 fully saturated rings. The molecule has 20 heavy (non-hydrogen) atoms. The second kappa shape index (κ2) is 5.71. The fraction of sp³-hybridized carbons (Fsp3) is 0.200. The summed E-state index contributed by atoms with van der Waals surface area (Å²) in [6, 6.07) is 12.1. The molecule has 2 aromatic heterocycles. The van der Waals surface area contributed by atoms with Crippen LogP contribution in [0.3, 0.4) is 0 Å². The van der Waals surface area contributed by atoms with E-state index in [1.807, 2.05) is 30.3 Å². The summed E-state index contributed by atoms with van der Waals surface area (Å²) in [5.41, 5.74) is 3.02. The third-order valence-electron chi connectivity index (χ3n) is 3.12. The molecule has 1 aromatic carbocycles. The lowest BCUT2D eigenvalue weighted by molar-refractivity contribution is 0.210. The molecule has 5 heteroatoms. The van der Waals surface area contributed by atoms with Gasteiger partial charge in [0.05, 0.1) is 12.1 Å². The number of pyridine rings is 1. The number of nitrogens with zero attached hydrogens (tertiary/aromatic N) is 2. The number of nitrogens with one attached hydrogen (secondary N) is 2. The largest absolute Gasteiger partial charge is 0.383 e. The highest BCUT2D eigenvalue weighted by Crippen LogP contribution is 2.26. The van der Waals surface area contributed by atoms with Crippen LogP contribution in [0.4, 0.5) is 5.82 Å². The van der Waals surface area contributed by atoms with E-state index in [0.717, 1.165) is 34.5 Å². The first kappa shape index (κ1) is 12.6. The van der Waals surface area contributed by atoms with E-state index in [0.29, 0.717) is 6.61 Å². The maximum Gasteiger partial charge on any atom is 0.126 e. The van der Waals surface area contributed by atoms with Crippen molar-refractivity contribution in [2.45, 2.75) is 0 Å². The zero-order valence-electron chi connectivity index (χ0n) is 11.3. The standard InChI is InChI=1S/C15H16N4O/c1-20-9-8-17-14-10-11(6-7-16-14)15-12-4-2-3-5-13(12)18-19-15/h2-7,10H,8-9H2,1H3,(H,16,17)(H,18,19). The van der Waals surface area contributed by atoms with Crippen LogP contribution in [0.15, 0.2) is 42.6 Å². The number of aromatic nitrogens is 3. The predicted octanol–water partition coefficient (Wildman–Crippen LogP) is 2.68. The van der Waals surface area contributed by atoms with Gasteiger partial charge >= 0.3 is 0 Å². The van der Waals surface area contributed by atoms with Gasteiger partial charge in [-0.05, 0) is 18.2 Å². The number of fused-ring (bicyclic) bond motifs is 1. The molecule has 0 aliphatic carbocycles. The van der Waals surface area contributed by atoms with Gasteiger partial charge in [0.1, 0.15) is 11.5 Å². The average molecular weight is 268 g/mol. The van der Waals surface area contributed by atoms with Crippen LogP contribution in [-0.4, -0.2) is 35.4 Å². The van der Waals surface area contributed by atoms with Crippen LogP contribution >= 0.6 is 0 Å².